The van der Waals surface area contributed by atoms with Crippen molar-refractivity contribution in [2.45, 2.75) is 0 Å². The second kappa shape index (κ2) is 5.45. The summed E-state index contributed by atoms with van der Waals surface area (Å²) in [4.78, 5) is 33.8. The average Bonchev–Trinajstić information content (AvgIpc) is 2.28. The first-order chi connectivity index (χ1) is 9.38. The van der Waals surface area contributed by atoms with Gasteiger partial charge in [0.2, 0.25) is 0 Å². The second-order valence-corrected chi connectivity index (χ2v) is 5.15. The third-order valence-electron chi connectivity index (χ3n) is 2.92. The van der Waals surface area contributed by atoms with Crippen molar-refractivity contribution in [1.29, 1.82) is 0 Å². The lowest BCUT2D eigenvalue weighted by molar-refractivity contribution is -0.384. The van der Waals surface area contributed by atoms with E-state index in [-0.39, 0.29) is 18.8 Å². The van der Waals surface area contributed by atoms with E-state index in [9.17, 15) is 19.7 Å². The molecule has 0 aromatic heterocycles. The summed E-state index contributed by atoms with van der Waals surface area (Å²) in [7, 11) is 0. The molecule has 106 valence electrons. The van der Waals surface area contributed by atoms with E-state index in [0.717, 1.165) is 0 Å². The van der Waals surface area contributed by atoms with Gasteiger partial charge in [-0.3, -0.25) is 14.9 Å². The fourth-order valence-electron chi connectivity index (χ4n) is 1.71. The molecule has 2 rings (SSSR count). The highest BCUT2D eigenvalue weighted by Gasteiger charge is 2.35. The maximum absolute atomic E-state index is 11.8. The lowest BCUT2D eigenvalue weighted by Gasteiger charge is -2.36. The number of non-ortho nitro benzene ring substituents is 1. The topological polar surface area (TPSA) is 113 Å². The molecule has 1 fully saturated rings. The number of carboxylic acids is 1. The monoisotopic (exact) mass is 343 g/mol. The van der Waals surface area contributed by atoms with Gasteiger partial charge in [-0.2, -0.15) is 0 Å². The lowest BCUT2D eigenvalue weighted by Crippen LogP contribution is -2.54. The van der Waals surface area contributed by atoms with Crippen molar-refractivity contribution >= 4 is 39.3 Å². The molecular weight excluding hydrogens is 334 g/mol. The quantitative estimate of drug-likeness (QED) is 0.642. The van der Waals surface area contributed by atoms with Crippen molar-refractivity contribution in [3.63, 3.8) is 0 Å². The smallest absolute Gasteiger partial charge is 0.321 e. The lowest BCUT2D eigenvalue weighted by atomic mass is 10.0. The van der Waals surface area contributed by atoms with Crippen molar-refractivity contribution in [2.75, 3.05) is 18.4 Å². The number of nitrogens with one attached hydrogen (secondary N) is 1. The van der Waals surface area contributed by atoms with Gasteiger partial charge in [0.1, 0.15) is 0 Å². The number of hydrogen-bond acceptors (Lipinski definition) is 4. The van der Waals surface area contributed by atoms with E-state index in [0.29, 0.717) is 10.2 Å². The van der Waals surface area contributed by atoms with Crippen LogP contribution in [0, 0.1) is 16.0 Å². The summed E-state index contributed by atoms with van der Waals surface area (Å²) in [6.07, 6.45) is 0. The number of carboxylic acid groups (broad SMARTS) is 1. The Labute approximate surface area is 121 Å². The Hall–Kier alpha value is -2.16. The molecule has 0 spiro atoms. The van der Waals surface area contributed by atoms with Crippen LogP contribution in [0.3, 0.4) is 0 Å². The van der Waals surface area contributed by atoms with Gasteiger partial charge in [-0.05, 0) is 22.0 Å². The van der Waals surface area contributed by atoms with Crippen LogP contribution in [0.5, 0.6) is 0 Å². The van der Waals surface area contributed by atoms with Crippen LogP contribution in [0.25, 0.3) is 0 Å². The molecule has 1 aliphatic heterocycles. The summed E-state index contributed by atoms with van der Waals surface area (Å²) in [5.41, 5.74) is 0.296. The van der Waals surface area contributed by atoms with Crippen LogP contribution in [0.1, 0.15) is 0 Å². The summed E-state index contributed by atoms with van der Waals surface area (Å²) in [6, 6.07) is 3.54. The number of amides is 2. The van der Waals surface area contributed by atoms with E-state index in [1.165, 1.54) is 23.1 Å². The van der Waals surface area contributed by atoms with Crippen molar-refractivity contribution in [2.24, 2.45) is 5.92 Å². The molecule has 1 aliphatic rings. The molecular formula is C11H10BrN3O5. The molecule has 9 heteroatoms. The number of hydrogen-bond donors (Lipinski definition) is 2. The summed E-state index contributed by atoms with van der Waals surface area (Å²) in [5, 5.41) is 21.9. The van der Waals surface area contributed by atoms with Crippen molar-refractivity contribution in [3.05, 3.63) is 32.8 Å². The standard InChI is InChI=1S/C11H10BrN3O5/c12-8-3-7(15(19)20)1-2-9(8)13-11(18)14-4-6(5-14)10(16)17/h1-3,6H,4-5H2,(H,13,18)(H,16,17). The first kappa shape index (κ1) is 14.3. The predicted octanol–water partition coefficient (Wildman–Crippen LogP) is 1.91. The van der Waals surface area contributed by atoms with Crippen molar-refractivity contribution in [3.8, 4) is 0 Å². The predicted molar refractivity (Wildman–Crippen MR) is 72.5 cm³/mol. The van der Waals surface area contributed by atoms with E-state index in [1.54, 1.807) is 0 Å². The number of nitrogens with zero attached hydrogens (tertiary/aromatic N) is 2. The van der Waals surface area contributed by atoms with E-state index < -0.39 is 22.8 Å². The largest absolute Gasteiger partial charge is 0.481 e. The number of carbonyl (C=O) groups is 2. The number of likely N-dealkylation sites (tertiary alicyclic amines) is 1. The number of urea groups is 1. The van der Waals surface area contributed by atoms with Gasteiger partial charge in [-0.1, -0.05) is 0 Å². The van der Waals surface area contributed by atoms with Crippen LogP contribution < -0.4 is 5.32 Å². The Kier molecular flexibility index (Phi) is 3.89. The number of anilines is 1. The highest BCUT2D eigenvalue weighted by Crippen LogP contribution is 2.28. The molecule has 1 saturated heterocycles. The molecule has 8 nitrogen and oxygen atoms in total. The Morgan fingerprint density at radius 2 is 2.10 bits per heavy atom. The van der Waals surface area contributed by atoms with Gasteiger partial charge in [-0.15, -0.1) is 0 Å². The molecule has 1 aromatic carbocycles. The Bertz CT molecular complexity index is 585. The molecule has 0 aliphatic carbocycles. The van der Waals surface area contributed by atoms with Gasteiger partial charge in [0.05, 0.1) is 16.5 Å². The summed E-state index contributed by atoms with van der Waals surface area (Å²) >= 11 is 3.14. The minimum Gasteiger partial charge on any atom is -0.481 e. The summed E-state index contributed by atoms with van der Waals surface area (Å²) in [6.45, 7) is 0.317. The summed E-state index contributed by atoms with van der Waals surface area (Å²) in [5.74, 6) is -1.45. The van der Waals surface area contributed by atoms with Gasteiger partial charge < -0.3 is 15.3 Å². The fraction of sp³-hybridized carbons (Fsp3) is 0.273. The maximum Gasteiger partial charge on any atom is 0.321 e. The first-order valence-corrected chi connectivity index (χ1v) is 6.40. The minimum absolute atomic E-state index is 0.0928. The highest BCUT2D eigenvalue weighted by atomic mass is 79.9. The van der Waals surface area contributed by atoms with Gasteiger partial charge >= 0.3 is 12.0 Å². The molecule has 2 amide bonds. The summed E-state index contributed by atoms with van der Waals surface area (Å²) < 4.78 is 0.385. The zero-order valence-corrected chi connectivity index (χ0v) is 11.7. The molecule has 2 N–H and O–H groups in total. The normalized spacial score (nSPS) is 14.6. The van der Waals surface area contributed by atoms with Crippen molar-refractivity contribution in [1.82, 2.24) is 4.90 Å². The molecule has 1 aromatic rings. The molecule has 1 heterocycles. The minimum atomic E-state index is -0.925. The molecule has 0 unspecified atom stereocenters. The number of carbonyl (C=O) groups excluding carboxylic acids is 1. The van der Waals surface area contributed by atoms with E-state index in [4.69, 9.17) is 5.11 Å². The van der Waals surface area contributed by atoms with Crippen LogP contribution in [0.4, 0.5) is 16.2 Å². The zero-order valence-electron chi connectivity index (χ0n) is 10.1. The Morgan fingerprint density at radius 3 is 2.60 bits per heavy atom. The van der Waals surface area contributed by atoms with E-state index in [1.807, 2.05) is 0 Å². The van der Waals surface area contributed by atoms with Crippen molar-refractivity contribution < 1.29 is 19.6 Å². The van der Waals surface area contributed by atoms with Gasteiger partial charge in [0.25, 0.3) is 5.69 Å². The number of nitro groups is 1. The van der Waals surface area contributed by atoms with Crippen LogP contribution in [-0.2, 0) is 4.79 Å². The fourth-order valence-corrected chi connectivity index (χ4v) is 2.18. The SMILES string of the molecule is O=C(O)C1CN(C(=O)Nc2ccc([N+](=O)[O-])cc2Br)C1. The van der Waals surface area contributed by atoms with Crippen LogP contribution in [-0.4, -0.2) is 40.0 Å². The van der Waals surface area contributed by atoms with Crippen LogP contribution >= 0.6 is 15.9 Å². The second-order valence-electron chi connectivity index (χ2n) is 4.29. The average molecular weight is 344 g/mol. The number of nitro benzene ring substituents is 1. The van der Waals surface area contributed by atoms with Gasteiger partial charge in [0.15, 0.2) is 0 Å². The highest BCUT2D eigenvalue weighted by molar-refractivity contribution is 9.10. The third-order valence-corrected chi connectivity index (χ3v) is 3.58. The Balaban J connectivity index is 1.99. The van der Waals surface area contributed by atoms with Crippen LogP contribution in [0.2, 0.25) is 0 Å². The number of halogens is 1. The van der Waals surface area contributed by atoms with E-state index >= 15 is 0 Å². The first-order valence-electron chi connectivity index (χ1n) is 5.61. The maximum atomic E-state index is 11.8. The van der Waals surface area contributed by atoms with Gasteiger partial charge in [0, 0.05) is 29.7 Å². The number of aliphatic carboxylic acids is 1. The number of rotatable bonds is 3. The third kappa shape index (κ3) is 2.87. The number of benzene rings is 1. The molecule has 0 saturated carbocycles. The van der Waals surface area contributed by atoms with E-state index in [2.05, 4.69) is 21.2 Å². The zero-order chi connectivity index (χ0) is 14.9. The molecule has 0 radical (unpaired) electrons. The van der Waals surface area contributed by atoms with Crippen LogP contribution in [0.15, 0.2) is 22.7 Å². The van der Waals surface area contributed by atoms with Gasteiger partial charge in [-0.25, -0.2) is 4.79 Å². The molecule has 20 heavy (non-hydrogen) atoms. The Morgan fingerprint density at radius 1 is 1.45 bits per heavy atom. The molecule has 0 atom stereocenters. The molecule has 0 bridgehead atoms.